The highest BCUT2D eigenvalue weighted by molar-refractivity contribution is 7.99. The maximum Gasteiger partial charge on any atom is 0.325 e. The van der Waals surface area contributed by atoms with E-state index in [9.17, 15) is 14.0 Å². The lowest BCUT2D eigenvalue weighted by atomic mass is 10.1. The Bertz CT molecular complexity index is 1020. The van der Waals surface area contributed by atoms with E-state index in [2.05, 4.69) is 6.07 Å². The van der Waals surface area contributed by atoms with Crippen LogP contribution in [-0.4, -0.2) is 67.0 Å². The highest BCUT2D eigenvalue weighted by Crippen LogP contribution is 2.40. The molecule has 1 atom stereocenters. The molecule has 3 heterocycles. The lowest BCUT2D eigenvalue weighted by molar-refractivity contribution is -0.131. The second-order valence-electron chi connectivity index (χ2n) is 7.97. The van der Waals surface area contributed by atoms with Crippen molar-refractivity contribution in [3.05, 3.63) is 53.8 Å². The van der Waals surface area contributed by atoms with Crippen molar-refractivity contribution in [1.29, 1.82) is 0 Å². The number of hydrogen-bond donors (Lipinski definition) is 0. The van der Waals surface area contributed by atoms with Gasteiger partial charge in [0.15, 0.2) is 11.5 Å². The van der Waals surface area contributed by atoms with E-state index in [1.54, 1.807) is 21.9 Å². The summed E-state index contributed by atoms with van der Waals surface area (Å²) in [7, 11) is 0. The molecule has 2 saturated heterocycles. The molecule has 7 nitrogen and oxygen atoms in total. The quantitative estimate of drug-likeness (QED) is 0.703. The number of ether oxygens (including phenoxy) is 2. The molecule has 32 heavy (non-hydrogen) atoms. The van der Waals surface area contributed by atoms with E-state index in [0.717, 1.165) is 23.7 Å². The molecule has 0 spiro atoms. The average molecular weight is 458 g/mol. The van der Waals surface area contributed by atoms with Gasteiger partial charge in [-0.2, -0.15) is 11.8 Å². The SMILES string of the molecule is O=C(CN1CCN(c2ccc(F)cc2)C1=O)N1CCSC(c2ccc3c(c2)OCO3)CC1. The van der Waals surface area contributed by atoms with E-state index < -0.39 is 0 Å². The highest BCUT2D eigenvalue weighted by Gasteiger charge is 2.32. The number of carbonyl (C=O) groups excluding carboxylic acids is 2. The standard InChI is InChI=1S/C23H24FN3O4S/c24-17-2-4-18(5-3-17)27-10-9-26(23(27)29)14-22(28)25-8-7-21(32-12-11-25)16-1-6-19-20(13-16)31-15-30-19/h1-6,13,21H,7-12,14-15H2. The van der Waals surface area contributed by atoms with Gasteiger partial charge in [-0.25, -0.2) is 9.18 Å². The number of carbonyl (C=O) groups is 2. The van der Waals surface area contributed by atoms with E-state index in [-0.39, 0.29) is 36.3 Å². The van der Waals surface area contributed by atoms with Crippen LogP contribution in [0.2, 0.25) is 0 Å². The molecule has 2 aromatic carbocycles. The first-order chi connectivity index (χ1) is 15.6. The zero-order valence-corrected chi connectivity index (χ0v) is 18.4. The van der Waals surface area contributed by atoms with E-state index in [1.807, 2.05) is 28.8 Å². The summed E-state index contributed by atoms with van der Waals surface area (Å²) in [6.07, 6.45) is 0.839. The van der Waals surface area contributed by atoms with E-state index in [0.29, 0.717) is 31.9 Å². The number of benzene rings is 2. The van der Waals surface area contributed by atoms with Crippen LogP contribution in [0.15, 0.2) is 42.5 Å². The molecular weight excluding hydrogens is 433 g/mol. The van der Waals surface area contributed by atoms with Crippen molar-refractivity contribution < 1.29 is 23.5 Å². The van der Waals surface area contributed by atoms with Gasteiger partial charge in [-0.3, -0.25) is 9.69 Å². The molecule has 0 saturated carbocycles. The first-order valence-electron chi connectivity index (χ1n) is 10.7. The molecular formula is C23H24FN3O4S. The maximum absolute atomic E-state index is 13.2. The molecule has 2 fully saturated rings. The molecule has 5 rings (SSSR count). The number of urea groups is 1. The zero-order valence-electron chi connectivity index (χ0n) is 17.5. The molecule has 3 aliphatic rings. The number of nitrogens with zero attached hydrogens (tertiary/aromatic N) is 3. The molecule has 0 bridgehead atoms. The van der Waals surface area contributed by atoms with Gasteiger partial charge in [0.1, 0.15) is 12.4 Å². The summed E-state index contributed by atoms with van der Waals surface area (Å²) in [4.78, 5) is 30.7. The Hall–Kier alpha value is -2.94. The normalized spacial score (nSPS) is 20.6. The smallest absolute Gasteiger partial charge is 0.325 e. The maximum atomic E-state index is 13.2. The Morgan fingerprint density at radius 3 is 2.69 bits per heavy atom. The van der Waals surface area contributed by atoms with Crippen LogP contribution in [-0.2, 0) is 4.79 Å². The third-order valence-corrected chi connectivity index (χ3v) is 7.35. The monoisotopic (exact) mass is 457 g/mol. The van der Waals surface area contributed by atoms with Gasteiger partial charge >= 0.3 is 6.03 Å². The van der Waals surface area contributed by atoms with Crippen molar-refractivity contribution in [1.82, 2.24) is 9.80 Å². The van der Waals surface area contributed by atoms with Crippen LogP contribution in [0.4, 0.5) is 14.9 Å². The second-order valence-corrected chi connectivity index (χ2v) is 9.28. The fourth-order valence-corrected chi connectivity index (χ4v) is 5.47. The molecule has 0 radical (unpaired) electrons. The van der Waals surface area contributed by atoms with Gasteiger partial charge in [-0.15, -0.1) is 0 Å². The fraction of sp³-hybridized carbons (Fsp3) is 0.391. The Kier molecular flexibility index (Phi) is 5.82. The number of anilines is 1. The van der Waals surface area contributed by atoms with Crippen molar-refractivity contribution >= 4 is 29.4 Å². The summed E-state index contributed by atoms with van der Waals surface area (Å²) < 4.78 is 24.1. The van der Waals surface area contributed by atoms with Crippen molar-refractivity contribution in [2.75, 3.05) is 50.2 Å². The molecule has 0 aliphatic carbocycles. The molecule has 0 aromatic heterocycles. The van der Waals surface area contributed by atoms with Crippen molar-refractivity contribution in [2.24, 2.45) is 0 Å². The van der Waals surface area contributed by atoms with Gasteiger partial charge in [0, 0.05) is 42.9 Å². The first kappa shape index (κ1) is 20.9. The van der Waals surface area contributed by atoms with Gasteiger partial charge < -0.3 is 19.3 Å². The number of rotatable bonds is 4. The fourth-order valence-electron chi connectivity index (χ4n) is 4.25. The average Bonchev–Trinajstić information content (AvgIpc) is 3.32. The largest absolute Gasteiger partial charge is 0.454 e. The number of thioether (sulfide) groups is 1. The molecule has 3 amide bonds. The Labute approximate surface area is 190 Å². The van der Waals surface area contributed by atoms with E-state index in [1.165, 1.54) is 17.7 Å². The van der Waals surface area contributed by atoms with Crippen LogP contribution in [0, 0.1) is 5.82 Å². The first-order valence-corrected chi connectivity index (χ1v) is 11.7. The van der Waals surface area contributed by atoms with Crippen molar-refractivity contribution in [3.8, 4) is 11.5 Å². The van der Waals surface area contributed by atoms with E-state index in [4.69, 9.17) is 9.47 Å². The zero-order chi connectivity index (χ0) is 22.1. The topological polar surface area (TPSA) is 62.3 Å². The molecule has 1 unspecified atom stereocenters. The number of amides is 3. The summed E-state index contributed by atoms with van der Waals surface area (Å²) in [6, 6.07) is 11.7. The lowest BCUT2D eigenvalue weighted by Crippen LogP contribution is -2.43. The summed E-state index contributed by atoms with van der Waals surface area (Å²) in [5, 5.41) is 0.282. The minimum atomic E-state index is -0.342. The van der Waals surface area contributed by atoms with Gasteiger partial charge in [0.25, 0.3) is 0 Å². The van der Waals surface area contributed by atoms with Crippen molar-refractivity contribution in [2.45, 2.75) is 11.7 Å². The van der Waals surface area contributed by atoms with Gasteiger partial charge in [0.2, 0.25) is 12.7 Å². The molecule has 168 valence electrons. The molecule has 3 aliphatic heterocycles. The van der Waals surface area contributed by atoms with Crippen LogP contribution in [0.3, 0.4) is 0 Å². The van der Waals surface area contributed by atoms with Crippen LogP contribution >= 0.6 is 11.8 Å². The molecule has 9 heteroatoms. The molecule has 0 N–H and O–H groups in total. The molecule has 2 aromatic rings. The summed E-state index contributed by atoms with van der Waals surface area (Å²) in [5.41, 5.74) is 1.82. The second kappa shape index (κ2) is 8.90. The van der Waals surface area contributed by atoms with Crippen molar-refractivity contribution in [3.63, 3.8) is 0 Å². The summed E-state index contributed by atoms with van der Waals surface area (Å²) >= 11 is 1.84. The van der Waals surface area contributed by atoms with Gasteiger partial charge in [-0.1, -0.05) is 6.07 Å². The minimum Gasteiger partial charge on any atom is -0.454 e. The number of halogens is 1. The Balaban J connectivity index is 1.17. The van der Waals surface area contributed by atoms with Crippen LogP contribution in [0.5, 0.6) is 11.5 Å². The predicted molar refractivity (Wildman–Crippen MR) is 120 cm³/mol. The summed E-state index contributed by atoms with van der Waals surface area (Å²) in [5.74, 6) is 2.00. The highest BCUT2D eigenvalue weighted by atomic mass is 32.2. The Morgan fingerprint density at radius 1 is 1.03 bits per heavy atom. The predicted octanol–water partition coefficient (Wildman–Crippen LogP) is 3.50. The van der Waals surface area contributed by atoms with E-state index >= 15 is 0 Å². The van der Waals surface area contributed by atoms with Crippen LogP contribution < -0.4 is 14.4 Å². The Morgan fingerprint density at radius 2 is 1.84 bits per heavy atom. The number of fused-ring (bicyclic) bond motifs is 1. The third-order valence-electron chi connectivity index (χ3n) is 6.02. The summed E-state index contributed by atoms with van der Waals surface area (Å²) in [6.45, 7) is 2.59. The van der Waals surface area contributed by atoms with Gasteiger partial charge in [-0.05, 0) is 48.4 Å². The third kappa shape index (κ3) is 4.21. The van der Waals surface area contributed by atoms with Crippen LogP contribution in [0.1, 0.15) is 17.2 Å². The lowest BCUT2D eigenvalue weighted by Gasteiger charge is -2.24. The van der Waals surface area contributed by atoms with Gasteiger partial charge in [0.05, 0.1) is 0 Å². The number of hydrogen-bond acceptors (Lipinski definition) is 5. The van der Waals surface area contributed by atoms with Crippen LogP contribution in [0.25, 0.3) is 0 Å². The minimum absolute atomic E-state index is 0.0359.